The van der Waals surface area contributed by atoms with Gasteiger partial charge in [-0.1, -0.05) is 25.7 Å². The molecule has 0 aromatic rings. The van der Waals surface area contributed by atoms with E-state index in [1.54, 1.807) is 0 Å². The van der Waals surface area contributed by atoms with Crippen LogP contribution in [0.25, 0.3) is 0 Å². The maximum Gasteiger partial charge on any atom is 0.471 e. The Balaban J connectivity index is 2.44. The molecule has 104 valence electrons. The van der Waals surface area contributed by atoms with Crippen LogP contribution in [-0.2, 0) is 9.59 Å². The minimum atomic E-state index is -5.04. The lowest BCUT2D eigenvalue weighted by atomic mass is 9.98. The summed E-state index contributed by atoms with van der Waals surface area (Å²) >= 11 is 0. The van der Waals surface area contributed by atoms with E-state index in [1.807, 2.05) is 0 Å². The van der Waals surface area contributed by atoms with Gasteiger partial charge in [0, 0.05) is 0 Å². The summed E-state index contributed by atoms with van der Waals surface area (Å²) in [5.74, 6) is -3.25. The third-order valence-corrected chi connectivity index (χ3v) is 3.20. The van der Waals surface area contributed by atoms with E-state index in [0.29, 0.717) is 12.3 Å². The summed E-state index contributed by atoms with van der Waals surface area (Å²) in [6, 6.07) is -1.46. The van der Waals surface area contributed by atoms with E-state index in [2.05, 4.69) is 0 Å². The Kier molecular flexibility index (Phi) is 4.98. The molecular formula is C11H16F3NO3. The summed E-state index contributed by atoms with van der Waals surface area (Å²) in [5, 5.41) is 10.3. The van der Waals surface area contributed by atoms with Gasteiger partial charge in [-0.3, -0.25) is 4.79 Å². The van der Waals surface area contributed by atoms with Gasteiger partial charge in [-0.2, -0.15) is 13.2 Å². The molecule has 1 fully saturated rings. The number of hydrogen-bond donors (Lipinski definition) is 2. The highest BCUT2D eigenvalue weighted by Gasteiger charge is 2.40. The minimum Gasteiger partial charge on any atom is -0.480 e. The lowest BCUT2D eigenvalue weighted by Crippen LogP contribution is -2.46. The Bertz CT molecular complexity index is 311. The van der Waals surface area contributed by atoms with Crippen molar-refractivity contribution in [1.29, 1.82) is 0 Å². The highest BCUT2D eigenvalue weighted by atomic mass is 19.4. The maximum atomic E-state index is 12.0. The van der Waals surface area contributed by atoms with Crippen LogP contribution in [0.5, 0.6) is 0 Å². The molecule has 7 heteroatoms. The van der Waals surface area contributed by atoms with Gasteiger partial charge in [0.15, 0.2) is 0 Å². The van der Waals surface area contributed by atoms with Crippen molar-refractivity contribution in [1.82, 2.24) is 5.32 Å². The first kappa shape index (κ1) is 14.8. The van der Waals surface area contributed by atoms with Crippen LogP contribution in [0.4, 0.5) is 13.2 Å². The van der Waals surface area contributed by atoms with E-state index in [9.17, 15) is 22.8 Å². The molecule has 0 aromatic heterocycles. The molecule has 1 saturated carbocycles. The highest BCUT2D eigenvalue weighted by molar-refractivity contribution is 5.86. The van der Waals surface area contributed by atoms with Gasteiger partial charge in [-0.15, -0.1) is 0 Å². The molecule has 1 unspecified atom stereocenters. The second-order valence-electron chi connectivity index (χ2n) is 4.59. The third kappa shape index (κ3) is 4.54. The summed E-state index contributed by atoms with van der Waals surface area (Å²) in [5.41, 5.74) is 0. The largest absolute Gasteiger partial charge is 0.480 e. The molecule has 0 radical (unpaired) electrons. The van der Waals surface area contributed by atoms with Gasteiger partial charge >= 0.3 is 18.1 Å². The molecule has 1 rings (SSSR count). The van der Waals surface area contributed by atoms with Crippen molar-refractivity contribution in [3.8, 4) is 0 Å². The lowest BCUT2D eigenvalue weighted by Gasteiger charge is -2.17. The Labute approximate surface area is 103 Å². The number of carboxylic acid groups (broad SMARTS) is 1. The number of aliphatic carboxylic acids is 1. The standard InChI is InChI=1S/C11H16F3NO3/c12-11(13,14)10(18)15-8(9(16)17)6-5-7-3-1-2-4-7/h7-8H,1-6H2,(H,15,18)(H,16,17). The van der Waals surface area contributed by atoms with E-state index in [-0.39, 0.29) is 6.42 Å². The zero-order valence-electron chi connectivity index (χ0n) is 9.79. The van der Waals surface area contributed by atoms with Crippen molar-refractivity contribution in [2.75, 3.05) is 0 Å². The first-order chi connectivity index (χ1) is 8.30. The Morgan fingerprint density at radius 2 is 1.83 bits per heavy atom. The first-order valence-corrected chi connectivity index (χ1v) is 5.91. The molecular weight excluding hydrogens is 251 g/mol. The van der Waals surface area contributed by atoms with Crippen LogP contribution >= 0.6 is 0 Å². The Morgan fingerprint density at radius 1 is 1.28 bits per heavy atom. The molecule has 2 N–H and O–H groups in total. The normalized spacial score (nSPS) is 18.6. The quantitative estimate of drug-likeness (QED) is 0.801. The van der Waals surface area contributed by atoms with Crippen LogP contribution < -0.4 is 5.32 Å². The molecule has 1 aliphatic carbocycles. The van der Waals surface area contributed by atoms with Crippen LogP contribution in [0.15, 0.2) is 0 Å². The molecule has 0 spiro atoms. The van der Waals surface area contributed by atoms with Gasteiger partial charge in [0.05, 0.1) is 0 Å². The van der Waals surface area contributed by atoms with Crippen LogP contribution in [0.3, 0.4) is 0 Å². The summed E-state index contributed by atoms with van der Waals surface area (Å²) in [4.78, 5) is 21.5. The molecule has 0 saturated heterocycles. The van der Waals surface area contributed by atoms with Gasteiger partial charge in [0.2, 0.25) is 0 Å². The van der Waals surface area contributed by atoms with Crippen molar-refractivity contribution >= 4 is 11.9 Å². The van der Waals surface area contributed by atoms with Gasteiger partial charge in [0.25, 0.3) is 0 Å². The monoisotopic (exact) mass is 267 g/mol. The molecule has 4 nitrogen and oxygen atoms in total. The van der Waals surface area contributed by atoms with Gasteiger partial charge < -0.3 is 10.4 Å². The van der Waals surface area contributed by atoms with Crippen LogP contribution in [0.1, 0.15) is 38.5 Å². The first-order valence-electron chi connectivity index (χ1n) is 5.91. The molecule has 0 heterocycles. The highest BCUT2D eigenvalue weighted by Crippen LogP contribution is 2.29. The maximum absolute atomic E-state index is 12.0. The van der Waals surface area contributed by atoms with E-state index >= 15 is 0 Å². The smallest absolute Gasteiger partial charge is 0.471 e. The Hall–Kier alpha value is -1.27. The number of carbonyl (C=O) groups excluding carboxylic acids is 1. The zero-order chi connectivity index (χ0) is 13.8. The summed E-state index contributed by atoms with van der Waals surface area (Å²) in [6.07, 6.45) is -0.328. The third-order valence-electron chi connectivity index (χ3n) is 3.20. The fourth-order valence-corrected chi connectivity index (χ4v) is 2.20. The number of hydrogen-bond acceptors (Lipinski definition) is 2. The van der Waals surface area contributed by atoms with Gasteiger partial charge in [-0.25, -0.2) is 4.79 Å². The molecule has 1 amide bonds. The van der Waals surface area contributed by atoms with E-state index in [0.717, 1.165) is 25.7 Å². The second-order valence-corrected chi connectivity index (χ2v) is 4.59. The molecule has 1 aliphatic rings. The van der Waals surface area contributed by atoms with Crippen LogP contribution in [0, 0.1) is 5.92 Å². The van der Waals surface area contributed by atoms with Gasteiger partial charge in [-0.05, 0) is 18.8 Å². The molecule has 0 aromatic carbocycles. The van der Waals surface area contributed by atoms with Crippen molar-refractivity contribution in [3.05, 3.63) is 0 Å². The fraction of sp³-hybridized carbons (Fsp3) is 0.818. The fourth-order valence-electron chi connectivity index (χ4n) is 2.20. The predicted octanol–water partition coefficient (Wildman–Crippen LogP) is 2.09. The SMILES string of the molecule is O=C(O)C(CCC1CCCC1)NC(=O)C(F)(F)F. The minimum absolute atomic E-state index is 0.0435. The average Bonchev–Trinajstić information content (AvgIpc) is 2.74. The molecule has 0 bridgehead atoms. The van der Waals surface area contributed by atoms with E-state index < -0.39 is 24.1 Å². The number of carboxylic acids is 1. The van der Waals surface area contributed by atoms with E-state index in [4.69, 9.17) is 5.11 Å². The molecule has 18 heavy (non-hydrogen) atoms. The predicted molar refractivity (Wildman–Crippen MR) is 56.8 cm³/mol. The number of nitrogens with one attached hydrogen (secondary N) is 1. The van der Waals surface area contributed by atoms with E-state index in [1.165, 1.54) is 5.32 Å². The summed E-state index contributed by atoms with van der Waals surface area (Å²) in [7, 11) is 0. The number of alkyl halides is 3. The van der Waals surface area contributed by atoms with Gasteiger partial charge in [0.1, 0.15) is 6.04 Å². The van der Waals surface area contributed by atoms with Crippen molar-refractivity contribution in [3.63, 3.8) is 0 Å². The number of amides is 1. The second kappa shape index (κ2) is 6.06. The van der Waals surface area contributed by atoms with Crippen molar-refractivity contribution in [2.45, 2.75) is 50.7 Å². The van der Waals surface area contributed by atoms with Crippen molar-refractivity contribution in [2.24, 2.45) is 5.92 Å². The Morgan fingerprint density at radius 3 is 2.28 bits per heavy atom. The summed E-state index contributed by atoms with van der Waals surface area (Å²) in [6.45, 7) is 0. The van der Waals surface area contributed by atoms with Crippen LogP contribution in [-0.4, -0.2) is 29.2 Å². The van der Waals surface area contributed by atoms with Crippen LogP contribution in [0.2, 0.25) is 0 Å². The topological polar surface area (TPSA) is 66.4 Å². The zero-order valence-corrected chi connectivity index (χ0v) is 9.79. The average molecular weight is 267 g/mol. The number of carbonyl (C=O) groups is 2. The number of halogens is 3. The number of rotatable bonds is 5. The lowest BCUT2D eigenvalue weighted by molar-refractivity contribution is -0.175. The van der Waals surface area contributed by atoms with Crippen molar-refractivity contribution < 1.29 is 27.9 Å². The molecule has 1 atom stereocenters. The molecule has 0 aliphatic heterocycles. The summed E-state index contributed by atoms with van der Waals surface area (Å²) < 4.78 is 36.0.